The summed E-state index contributed by atoms with van der Waals surface area (Å²) in [6.07, 6.45) is 0. The normalized spacial score (nSPS) is 10.8. The zero-order valence-corrected chi connectivity index (χ0v) is 19.1. The molecule has 0 N–H and O–H groups in total. The minimum atomic E-state index is -2.30. The molecule has 0 amide bonds. The van der Waals surface area contributed by atoms with Gasteiger partial charge in [-0.25, -0.2) is 0 Å². The Balaban J connectivity index is 2.42. The van der Waals surface area contributed by atoms with Gasteiger partial charge in [0.15, 0.2) is 0 Å². The quantitative estimate of drug-likeness (QED) is 0.546. The third-order valence-corrected chi connectivity index (χ3v) is 16.2. The van der Waals surface area contributed by atoms with Crippen molar-refractivity contribution in [1.29, 1.82) is 0 Å². The third-order valence-electron chi connectivity index (χ3n) is 5.19. The zero-order valence-electron chi connectivity index (χ0n) is 16.2. The van der Waals surface area contributed by atoms with Gasteiger partial charge >= 0.3 is 160 Å². The molecule has 0 atom stereocenters. The standard InChI is InChI=1S/3C8H9.Sn/c3*1-7-4-3-5-8(2)6-7;/h3*3-5H,1-2H3;/q;;;+1. The van der Waals surface area contributed by atoms with Crippen molar-refractivity contribution in [2.24, 2.45) is 0 Å². The Bertz CT molecular complexity index is 738. The Morgan fingerprint density at radius 2 is 0.600 bits per heavy atom. The topological polar surface area (TPSA) is 0 Å². The molecule has 0 spiro atoms. The van der Waals surface area contributed by atoms with Crippen molar-refractivity contribution >= 4 is 30.5 Å². The van der Waals surface area contributed by atoms with Crippen molar-refractivity contribution in [1.82, 2.24) is 0 Å². The second kappa shape index (κ2) is 7.37. The van der Waals surface area contributed by atoms with E-state index in [1.807, 2.05) is 0 Å². The summed E-state index contributed by atoms with van der Waals surface area (Å²) >= 11 is -2.30. The van der Waals surface area contributed by atoms with Gasteiger partial charge in [0.2, 0.25) is 0 Å². The summed E-state index contributed by atoms with van der Waals surface area (Å²) in [6.45, 7) is 13.8. The molecule has 0 saturated heterocycles. The SMILES string of the molecule is Cc1cccc(C)[c]1[Sn+]([c]1c(C)cccc1C)[c]1c(C)cccc1C. The summed E-state index contributed by atoms with van der Waals surface area (Å²) in [5, 5.41) is 0. The van der Waals surface area contributed by atoms with Crippen molar-refractivity contribution in [3.63, 3.8) is 0 Å². The molecule has 0 aliphatic rings. The molecule has 0 radical (unpaired) electrons. The second-order valence-corrected chi connectivity index (χ2v) is 13.6. The third kappa shape index (κ3) is 3.42. The van der Waals surface area contributed by atoms with E-state index < -0.39 is 19.8 Å². The Labute approximate surface area is 159 Å². The molecular formula is C24H27Sn+. The molecule has 0 nitrogen and oxygen atoms in total. The van der Waals surface area contributed by atoms with Crippen LogP contribution in [0.3, 0.4) is 0 Å². The molecule has 0 heterocycles. The molecule has 3 aromatic rings. The molecule has 0 bridgehead atoms. The van der Waals surface area contributed by atoms with Gasteiger partial charge in [0.05, 0.1) is 0 Å². The molecule has 0 aromatic heterocycles. The average Bonchev–Trinajstić information content (AvgIpc) is 2.53. The van der Waals surface area contributed by atoms with Crippen LogP contribution in [0.1, 0.15) is 33.4 Å². The molecule has 1 heteroatoms. The number of hydrogen-bond donors (Lipinski definition) is 0. The Morgan fingerprint density at radius 1 is 0.400 bits per heavy atom. The van der Waals surface area contributed by atoms with E-state index in [0.717, 1.165) is 0 Å². The van der Waals surface area contributed by atoms with Crippen LogP contribution in [-0.2, 0) is 0 Å². The van der Waals surface area contributed by atoms with E-state index in [4.69, 9.17) is 0 Å². The van der Waals surface area contributed by atoms with Crippen LogP contribution in [0.25, 0.3) is 0 Å². The zero-order chi connectivity index (χ0) is 18.1. The van der Waals surface area contributed by atoms with Gasteiger partial charge in [0, 0.05) is 0 Å². The van der Waals surface area contributed by atoms with E-state index in [1.165, 1.54) is 33.4 Å². The first-order valence-electron chi connectivity index (χ1n) is 8.98. The van der Waals surface area contributed by atoms with Crippen LogP contribution in [0.4, 0.5) is 0 Å². The van der Waals surface area contributed by atoms with Gasteiger partial charge < -0.3 is 0 Å². The molecule has 0 aliphatic carbocycles. The van der Waals surface area contributed by atoms with Crippen molar-refractivity contribution in [2.45, 2.75) is 41.5 Å². The van der Waals surface area contributed by atoms with Crippen molar-refractivity contribution in [2.75, 3.05) is 0 Å². The van der Waals surface area contributed by atoms with Crippen LogP contribution < -0.4 is 10.7 Å². The number of rotatable bonds is 3. The first-order valence-corrected chi connectivity index (χ1v) is 13.3. The van der Waals surface area contributed by atoms with E-state index in [-0.39, 0.29) is 0 Å². The monoisotopic (exact) mass is 435 g/mol. The van der Waals surface area contributed by atoms with Crippen LogP contribution in [0.15, 0.2) is 54.6 Å². The van der Waals surface area contributed by atoms with Crippen molar-refractivity contribution < 1.29 is 0 Å². The van der Waals surface area contributed by atoms with Gasteiger partial charge in [-0.2, -0.15) is 0 Å². The molecule has 126 valence electrons. The predicted molar refractivity (Wildman–Crippen MR) is 112 cm³/mol. The summed E-state index contributed by atoms with van der Waals surface area (Å²) in [6, 6.07) is 20.4. The van der Waals surface area contributed by atoms with E-state index >= 15 is 0 Å². The predicted octanol–water partition coefficient (Wildman–Crippen LogP) is 4.05. The number of hydrogen-bond acceptors (Lipinski definition) is 0. The Morgan fingerprint density at radius 3 is 0.800 bits per heavy atom. The fourth-order valence-electron chi connectivity index (χ4n) is 4.00. The molecule has 0 aliphatic heterocycles. The summed E-state index contributed by atoms with van der Waals surface area (Å²) in [5.74, 6) is 0. The van der Waals surface area contributed by atoms with Gasteiger partial charge in [-0.15, -0.1) is 0 Å². The maximum absolute atomic E-state index is 2.30. The summed E-state index contributed by atoms with van der Waals surface area (Å²) in [7, 11) is 0. The fraction of sp³-hybridized carbons (Fsp3) is 0.250. The van der Waals surface area contributed by atoms with Gasteiger partial charge in [-0.3, -0.25) is 0 Å². The Hall–Kier alpha value is -1.54. The van der Waals surface area contributed by atoms with Crippen LogP contribution >= 0.6 is 0 Å². The van der Waals surface area contributed by atoms with Crippen LogP contribution in [0.5, 0.6) is 0 Å². The fourth-order valence-corrected chi connectivity index (χ4v) is 14.3. The molecule has 0 fully saturated rings. The van der Waals surface area contributed by atoms with Crippen LogP contribution in [-0.4, -0.2) is 19.8 Å². The van der Waals surface area contributed by atoms with E-state index in [2.05, 4.69) is 96.1 Å². The maximum atomic E-state index is 2.30. The average molecular weight is 434 g/mol. The molecule has 25 heavy (non-hydrogen) atoms. The molecule has 0 saturated carbocycles. The van der Waals surface area contributed by atoms with E-state index in [0.29, 0.717) is 0 Å². The van der Waals surface area contributed by atoms with Gasteiger partial charge in [-0.05, 0) is 0 Å². The van der Waals surface area contributed by atoms with E-state index in [1.54, 1.807) is 10.7 Å². The van der Waals surface area contributed by atoms with Crippen molar-refractivity contribution in [3.8, 4) is 0 Å². The second-order valence-electron chi connectivity index (χ2n) is 7.18. The molecular weight excluding hydrogens is 407 g/mol. The first-order chi connectivity index (χ1) is 11.9. The van der Waals surface area contributed by atoms with Gasteiger partial charge in [0.25, 0.3) is 0 Å². The van der Waals surface area contributed by atoms with Crippen LogP contribution in [0.2, 0.25) is 0 Å². The van der Waals surface area contributed by atoms with E-state index in [9.17, 15) is 0 Å². The summed E-state index contributed by atoms with van der Waals surface area (Å²) in [4.78, 5) is 0. The first kappa shape index (κ1) is 18.3. The summed E-state index contributed by atoms with van der Waals surface area (Å²) < 4.78 is 4.96. The number of benzene rings is 3. The molecule has 0 unspecified atom stereocenters. The number of aryl methyl sites for hydroxylation is 6. The summed E-state index contributed by atoms with van der Waals surface area (Å²) in [5.41, 5.74) is 8.75. The minimum absolute atomic E-state index is 1.46. The van der Waals surface area contributed by atoms with Crippen molar-refractivity contribution in [3.05, 3.63) is 88.0 Å². The van der Waals surface area contributed by atoms with Gasteiger partial charge in [0.1, 0.15) is 0 Å². The van der Waals surface area contributed by atoms with Crippen LogP contribution in [0, 0.1) is 41.5 Å². The Kier molecular flexibility index (Phi) is 5.38. The molecule has 3 rings (SSSR count). The molecule has 3 aromatic carbocycles. The van der Waals surface area contributed by atoms with Gasteiger partial charge in [-0.1, -0.05) is 0 Å².